The Bertz CT molecular complexity index is 936. The molecule has 184 valence electrons. The lowest BCUT2D eigenvalue weighted by Gasteiger charge is -2.27. The minimum atomic E-state index is -0.820. The molecule has 0 bridgehead atoms. The average Bonchev–Trinajstić information content (AvgIpc) is 2.85. The van der Waals surface area contributed by atoms with Gasteiger partial charge in [0.05, 0.1) is 6.61 Å². The highest BCUT2D eigenvalue weighted by Gasteiger charge is 2.16. The summed E-state index contributed by atoms with van der Waals surface area (Å²) in [6.45, 7) is 8.23. The van der Waals surface area contributed by atoms with Crippen LogP contribution >= 0.6 is 0 Å². The first-order valence-corrected chi connectivity index (χ1v) is 12.8. The van der Waals surface area contributed by atoms with Crippen LogP contribution in [0.4, 0.5) is 5.69 Å². The Kier molecular flexibility index (Phi) is 10.5. The van der Waals surface area contributed by atoms with Crippen LogP contribution in [0.1, 0.15) is 64.4 Å². The van der Waals surface area contributed by atoms with Crippen molar-refractivity contribution >= 4 is 17.7 Å². The largest absolute Gasteiger partial charge is 0.491 e. The van der Waals surface area contributed by atoms with Crippen LogP contribution in [-0.2, 0) is 9.53 Å². The smallest absolute Gasteiger partial charge is 0.331 e. The summed E-state index contributed by atoms with van der Waals surface area (Å²) in [6, 6.07) is 14.5. The zero-order valence-electron chi connectivity index (χ0n) is 20.7. The maximum atomic E-state index is 11.9. The van der Waals surface area contributed by atoms with Gasteiger partial charge in [0.25, 0.3) is 0 Å². The van der Waals surface area contributed by atoms with E-state index in [1.54, 1.807) is 0 Å². The zero-order valence-corrected chi connectivity index (χ0v) is 20.7. The molecular weight excluding hydrogens is 426 g/mol. The molecule has 0 radical (unpaired) electrons. The second-order valence-corrected chi connectivity index (χ2v) is 8.88. The van der Waals surface area contributed by atoms with E-state index >= 15 is 0 Å². The molecular formula is C29H39NO4. The van der Waals surface area contributed by atoms with Crippen molar-refractivity contribution in [3.63, 3.8) is 0 Å². The molecule has 0 saturated carbocycles. The summed E-state index contributed by atoms with van der Waals surface area (Å²) >= 11 is 0. The molecule has 34 heavy (non-hydrogen) atoms. The maximum Gasteiger partial charge on any atom is 0.331 e. The first-order chi connectivity index (χ1) is 16.6. The number of rotatable bonds is 11. The number of carbonyl (C=O) groups is 1. The van der Waals surface area contributed by atoms with E-state index in [0.717, 1.165) is 86.3 Å². The van der Waals surface area contributed by atoms with Crippen LogP contribution in [0.15, 0.2) is 48.0 Å². The number of aliphatic carboxylic acids is 1. The van der Waals surface area contributed by atoms with Gasteiger partial charge in [-0.05, 0) is 79.1 Å². The Morgan fingerprint density at radius 2 is 1.74 bits per heavy atom. The number of ether oxygens (including phenoxy) is 2. The molecule has 2 aromatic carbocycles. The molecule has 0 spiro atoms. The highest BCUT2D eigenvalue weighted by Crippen LogP contribution is 2.32. The molecule has 0 aromatic heterocycles. The summed E-state index contributed by atoms with van der Waals surface area (Å²) in [5.74, 6) is 0.00292. The van der Waals surface area contributed by atoms with Gasteiger partial charge in [-0.25, -0.2) is 4.79 Å². The molecule has 0 amide bonds. The molecule has 2 aromatic rings. The van der Waals surface area contributed by atoms with Crippen LogP contribution in [0.5, 0.6) is 5.75 Å². The summed E-state index contributed by atoms with van der Waals surface area (Å²) in [5, 5.41) is 9.76. The minimum Gasteiger partial charge on any atom is -0.491 e. The predicted molar refractivity (Wildman–Crippen MR) is 140 cm³/mol. The van der Waals surface area contributed by atoms with Crippen molar-refractivity contribution in [2.75, 3.05) is 37.8 Å². The number of hydrogen-bond donors (Lipinski definition) is 1. The molecule has 0 fully saturated rings. The Hall–Kier alpha value is -2.79. The Morgan fingerprint density at radius 1 is 0.941 bits per heavy atom. The third-order valence-electron chi connectivity index (χ3n) is 6.17. The third kappa shape index (κ3) is 7.63. The molecule has 0 aliphatic carbocycles. The Morgan fingerprint density at radius 3 is 2.47 bits per heavy atom. The van der Waals surface area contributed by atoms with Gasteiger partial charge in [0.15, 0.2) is 0 Å². The van der Waals surface area contributed by atoms with Crippen molar-refractivity contribution in [3.8, 4) is 16.9 Å². The molecule has 1 aliphatic heterocycles. The molecule has 0 unspecified atom stereocenters. The van der Waals surface area contributed by atoms with Crippen LogP contribution in [0.2, 0.25) is 0 Å². The van der Waals surface area contributed by atoms with Gasteiger partial charge in [0.1, 0.15) is 12.4 Å². The second kappa shape index (κ2) is 13.8. The molecule has 1 N–H and O–H groups in total. The Balaban J connectivity index is 1.80. The lowest BCUT2D eigenvalue weighted by atomic mass is 9.97. The topological polar surface area (TPSA) is 59.0 Å². The van der Waals surface area contributed by atoms with Gasteiger partial charge >= 0.3 is 5.97 Å². The van der Waals surface area contributed by atoms with E-state index in [-0.39, 0.29) is 0 Å². The highest BCUT2D eigenvalue weighted by molar-refractivity contribution is 5.94. The van der Waals surface area contributed by atoms with Gasteiger partial charge in [0, 0.05) is 31.0 Å². The van der Waals surface area contributed by atoms with Crippen molar-refractivity contribution in [3.05, 3.63) is 53.6 Å². The van der Waals surface area contributed by atoms with E-state index in [4.69, 9.17) is 9.47 Å². The zero-order chi connectivity index (χ0) is 24.2. The highest BCUT2D eigenvalue weighted by atomic mass is 16.5. The van der Waals surface area contributed by atoms with E-state index in [9.17, 15) is 9.90 Å². The van der Waals surface area contributed by atoms with Gasteiger partial charge < -0.3 is 19.5 Å². The summed E-state index contributed by atoms with van der Waals surface area (Å²) in [6.07, 6.45) is 8.81. The van der Waals surface area contributed by atoms with Crippen molar-refractivity contribution in [1.29, 1.82) is 0 Å². The van der Waals surface area contributed by atoms with Crippen LogP contribution < -0.4 is 9.64 Å². The summed E-state index contributed by atoms with van der Waals surface area (Å²) in [5.41, 5.74) is 4.74. The number of anilines is 1. The van der Waals surface area contributed by atoms with Gasteiger partial charge in [-0.1, -0.05) is 44.9 Å². The lowest BCUT2D eigenvalue weighted by Crippen LogP contribution is -2.26. The number of carboxylic acid groups (broad SMARTS) is 1. The molecule has 5 nitrogen and oxygen atoms in total. The molecule has 0 saturated heterocycles. The average molecular weight is 466 g/mol. The van der Waals surface area contributed by atoms with Gasteiger partial charge in [-0.15, -0.1) is 0 Å². The van der Waals surface area contributed by atoms with Gasteiger partial charge in [-0.3, -0.25) is 0 Å². The van der Waals surface area contributed by atoms with E-state index in [1.165, 1.54) is 0 Å². The quantitative estimate of drug-likeness (QED) is 0.370. The van der Waals surface area contributed by atoms with Gasteiger partial charge in [-0.2, -0.15) is 0 Å². The number of fused-ring (bicyclic) bond motifs is 1. The first kappa shape index (κ1) is 25.8. The molecule has 1 heterocycles. The normalized spacial score (nSPS) is 15.8. The van der Waals surface area contributed by atoms with Crippen LogP contribution in [-0.4, -0.2) is 44.0 Å². The molecule has 0 atom stereocenters. The number of hydrogen-bond acceptors (Lipinski definition) is 4. The molecule has 5 heteroatoms. The maximum absolute atomic E-state index is 11.9. The molecule has 3 rings (SSSR count). The number of unbranched alkanes of at least 4 members (excludes halogenated alkanes) is 1. The lowest BCUT2D eigenvalue weighted by molar-refractivity contribution is -0.132. The standard InChI is InChI=1S/C29H39NO4/c1-3-5-18-33-19-20-34-27-13-10-23(11-14-27)24-12-15-28-26(21-24)22-25(29(31)32)9-7-6-8-17-30(28)16-4-2/h10-15,21-22H,3-9,16-20H2,1-2H3,(H,31,32)/b25-22+. The second-order valence-electron chi connectivity index (χ2n) is 8.88. The van der Waals surface area contributed by atoms with Crippen LogP contribution in [0.25, 0.3) is 17.2 Å². The fourth-order valence-corrected chi connectivity index (χ4v) is 4.29. The monoisotopic (exact) mass is 465 g/mol. The van der Waals surface area contributed by atoms with Crippen LogP contribution in [0.3, 0.4) is 0 Å². The first-order valence-electron chi connectivity index (χ1n) is 12.8. The van der Waals surface area contributed by atoms with Crippen LogP contribution in [0, 0.1) is 0 Å². The van der Waals surface area contributed by atoms with Crippen molar-refractivity contribution < 1.29 is 19.4 Å². The summed E-state index contributed by atoms with van der Waals surface area (Å²) < 4.78 is 11.4. The fourth-order valence-electron chi connectivity index (χ4n) is 4.29. The number of nitrogens with zero attached hydrogens (tertiary/aromatic N) is 1. The number of benzene rings is 2. The summed E-state index contributed by atoms with van der Waals surface area (Å²) in [4.78, 5) is 14.3. The Labute approximate surface area is 204 Å². The number of carboxylic acids is 1. The summed E-state index contributed by atoms with van der Waals surface area (Å²) in [7, 11) is 0. The van der Waals surface area contributed by atoms with Crippen molar-refractivity contribution in [2.45, 2.75) is 58.8 Å². The van der Waals surface area contributed by atoms with E-state index in [1.807, 2.05) is 18.2 Å². The van der Waals surface area contributed by atoms with E-state index < -0.39 is 5.97 Å². The van der Waals surface area contributed by atoms with E-state index in [2.05, 4.69) is 49.1 Å². The SMILES string of the molecule is CCCCOCCOc1ccc(-c2ccc3c(c2)/C=C(/C(=O)O)CCCCCN3CCC)cc1. The molecule has 1 aliphatic rings. The van der Waals surface area contributed by atoms with E-state index in [0.29, 0.717) is 25.2 Å². The third-order valence-corrected chi connectivity index (χ3v) is 6.17. The minimum absolute atomic E-state index is 0.488. The fraction of sp³-hybridized carbons (Fsp3) is 0.483. The van der Waals surface area contributed by atoms with Crippen molar-refractivity contribution in [1.82, 2.24) is 0 Å². The van der Waals surface area contributed by atoms with Gasteiger partial charge in [0.2, 0.25) is 0 Å². The predicted octanol–water partition coefficient (Wildman–Crippen LogP) is 6.81. The van der Waals surface area contributed by atoms with Crippen molar-refractivity contribution in [2.24, 2.45) is 0 Å².